The number of sulfonamides is 1. The van der Waals surface area contributed by atoms with Crippen molar-refractivity contribution in [2.45, 2.75) is 11.3 Å². The number of carbonyl (C=O) groups is 1. The van der Waals surface area contributed by atoms with Crippen molar-refractivity contribution in [1.82, 2.24) is 9.79 Å². The molecule has 154 valence electrons. The third-order valence-corrected chi connectivity index (χ3v) is 6.63. The van der Waals surface area contributed by atoms with E-state index in [0.717, 1.165) is 16.8 Å². The minimum Gasteiger partial charge on any atom is -0.384 e. The summed E-state index contributed by atoms with van der Waals surface area (Å²) in [6.07, 6.45) is 1.76. The maximum absolute atomic E-state index is 12.9. The number of hydroxylamine groups is 1. The molecule has 1 heterocycles. The third kappa shape index (κ3) is 4.83. The molecule has 0 aromatic heterocycles. The van der Waals surface area contributed by atoms with Gasteiger partial charge in [0.15, 0.2) is 0 Å². The van der Waals surface area contributed by atoms with E-state index in [4.69, 9.17) is 10.9 Å². The van der Waals surface area contributed by atoms with E-state index in [1.165, 1.54) is 10.4 Å². The summed E-state index contributed by atoms with van der Waals surface area (Å²) in [5.74, 6) is -0.601. The van der Waals surface area contributed by atoms with Crippen molar-refractivity contribution in [2.75, 3.05) is 31.5 Å². The first kappa shape index (κ1) is 21.0. The molecule has 2 aromatic carbocycles. The molecule has 1 aliphatic heterocycles. The summed E-state index contributed by atoms with van der Waals surface area (Å²) in [6, 6.07) is 14.6. The molecular formula is C20H24N4O4S. The van der Waals surface area contributed by atoms with E-state index in [9.17, 15) is 13.2 Å². The van der Waals surface area contributed by atoms with Crippen molar-refractivity contribution < 1.29 is 18.4 Å². The fraction of sp³-hybridized carbons (Fsp3) is 0.250. The lowest BCUT2D eigenvalue weighted by atomic mass is 10.1. The van der Waals surface area contributed by atoms with Crippen LogP contribution < -0.4 is 16.5 Å². The summed E-state index contributed by atoms with van der Waals surface area (Å²) < 4.78 is 27.0. The number of hydrogen-bond donors (Lipinski definition) is 4. The zero-order valence-electron chi connectivity index (χ0n) is 15.8. The van der Waals surface area contributed by atoms with Gasteiger partial charge in [-0.25, -0.2) is 13.9 Å². The Morgan fingerprint density at radius 3 is 2.21 bits per heavy atom. The van der Waals surface area contributed by atoms with Gasteiger partial charge in [0.2, 0.25) is 10.0 Å². The molecule has 2 aromatic rings. The van der Waals surface area contributed by atoms with Gasteiger partial charge in [-0.1, -0.05) is 30.3 Å². The quantitative estimate of drug-likeness (QED) is 0.401. The number of carbonyl (C=O) groups excluding carboxylic acids is 1. The zero-order valence-corrected chi connectivity index (χ0v) is 16.7. The Bertz CT molecular complexity index is 986. The van der Waals surface area contributed by atoms with Crippen molar-refractivity contribution in [2.24, 2.45) is 5.73 Å². The van der Waals surface area contributed by atoms with Gasteiger partial charge in [0.25, 0.3) is 5.91 Å². The average molecular weight is 417 g/mol. The average Bonchev–Trinajstić information content (AvgIpc) is 2.77. The number of anilines is 1. The second-order valence-corrected chi connectivity index (χ2v) is 8.54. The summed E-state index contributed by atoms with van der Waals surface area (Å²) in [5, 5.41) is 11.9. The summed E-state index contributed by atoms with van der Waals surface area (Å²) in [7, 11) is -3.66. The van der Waals surface area contributed by atoms with Crippen molar-refractivity contribution >= 4 is 21.6 Å². The van der Waals surface area contributed by atoms with Crippen molar-refractivity contribution in [1.29, 1.82) is 0 Å². The van der Waals surface area contributed by atoms with Crippen molar-refractivity contribution in [3.63, 3.8) is 0 Å². The van der Waals surface area contributed by atoms with Crippen LogP contribution in [0.25, 0.3) is 11.1 Å². The number of hydrogen-bond acceptors (Lipinski definition) is 6. The molecule has 0 radical (unpaired) electrons. The first-order valence-electron chi connectivity index (χ1n) is 9.24. The molecule has 5 N–H and O–H groups in total. The van der Waals surface area contributed by atoms with E-state index in [-0.39, 0.29) is 24.4 Å². The van der Waals surface area contributed by atoms with Gasteiger partial charge in [0, 0.05) is 37.4 Å². The Balaban J connectivity index is 1.72. The zero-order chi connectivity index (χ0) is 20.9. The van der Waals surface area contributed by atoms with E-state index in [1.54, 1.807) is 29.7 Å². The highest BCUT2D eigenvalue weighted by atomic mass is 32.2. The number of nitrogens with zero attached hydrogens (tertiary/aromatic N) is 1. The van der Waals surface area contributed by atoms with Crippen LogP contribution >= 0.6 is 0 Å². The lowest BCUT2D eigenvalue weighted by molar-refractivity contribution is -0.125. The molecule has 3 rings (SSSR count). The second-order valence-electron chi connectivity index (χ2n) is 6.60. The number of nitrogens with two attached hydrogens (primary N) is 1. The topological polar surface area (TPSA) is 125 Å². The highest BCUT2D eigenvalue weighted by molar-refractivity contribution is 7.89. The van der Waals surface area contributed by atoms with Crippen molar-refractivity contribution in [3.8, 4) is 11.1 Å². The first-order chi connectivity index (χ1) is 14.0. The van der Waals surface area contributed by atoms with Crippen LogP contribution in [0.15, 0.2) is 65.1 Å². The first-order valence-corrected chi connectivity index (χ1v) is 10.7. The van der Waals surface area contributed by atoms with Crippen LogP contribution in [0.5, 0.6) is 0 Å². The van der Waals surface area contributed by atoms with Gasteiger partial charge >= 0.3 is 0 Å². The minimum atomic E-state index is -3.66. The predicted octanol–water partition coefficient (Wildman–Crippen LogP) is 1.55. The maximum atomic E-state index is 12.9. The molecule has 0 saturated heterocycles. The van der Waals surface area contributed by atoms with E-state index >= 15 is 0 Å². The smallest absolute Gasteiger partial charge is 0.270 e. The fourth-order valence-electron chi connectivity index (χ4n) is 3.11. The van der Waals surface area contributed by atoms with E-state index in [1.807, 2.05) is 24.3 Å². The lowest BCUT2D eigenvalue weighted by Crippen LogP contribution is -2.37. The highest BCUT2D eigenvalue weighted by Crippen LogP contribution is 2.25. The number of rotatable bonds is 7. The SMILES string of the molecule is NCCNc1ccc(-c2ccc(S(=O)(=O)N3CC=C(C(=O)NO)CC3)cc2)cc1. The fourth-order valence-corrected chi connectivity index (χ4v) is 4.49. The monoisotopic (exact) mass is 416 g/mol. The Labute approximate surface area is 170 Å². The molecule has 0 fully saturated rings. The standard InChI is InChI=1S/C20H24N4O4S/c21-11-12-22-18-5-1-15(2-6-18)16-3-7-19(8-4-16)29(27,28)24-13-9-17(10-14-24)20(25)23-26/h1-9,22,26H,10-14,21H2,(H,23,25). The summed E-state index contributed by atoms with van der Waals surface area (Å²) in [5.41, 5.74) is 10.3. The molecule has 29 heavy (non-hydrogen) atoms. The Hall–Kier alpha value is -2.72. The number of benzene rings is 2. The predicted molar refractivity (Wildman–Crippen MR) is 111 cm³/mol. The van der Waals surface area contributed by atoms with Crippen LogP contribution in [0.3, 0.4) is 0 Å². The minimum absolute atomic E-state index is 0.0874. The van der Waals surface area contributed by atoms with Gasteiger partial charge in [0.05, 0.1) is 4.90 Å². The van der Waals surface area contributed by atoms with Gasteiger partial charge in [-0.05, 0) is 41.8 Å². The number of amides is 1. The molecule has 0 spiro atoms. The lowest BCUT2D eigenvalue weighted by Gasteiger charge is -2.25. The van der Waals surface area contributed by atoms with E-state index in [0.29, 0.717) is 18.7 Å². The summed E-state index contributed by atoms with van der Waals surface area (Å²) in [4.78, 5) is 11.6. The molecule has 0 aliphatic carbocycles. The number of nitrogens with one attached hydrogen (secondary N) is 2. The van der Waals surface area contributed by atoms with Crippen LogP contribution in [0.1, 0.15) is 6.42 Å². The van der Waals surface area contributed by atoms with Crippen LogP contribution in [0.4, 0.5) is 5.69 Å². The van der Waals surface area contributed by atoms with Crippen LogP contribution in [-0.2, 0) is 14.8 Å². The molecule has 9 heteroatoms. The molecule has 0 bridgehead atoms. The molecule has 8 nitrogen and oxygen atoms in total. The Kier molecular flexibility index (Phi) is 6.65. The van der Waals surface area contributed by atoms with Crippen LogP contribution in [0, 0.1) is 0 Å². The molecule has 1 aliphatic rings. The van der Waals surface area contributed by atoms with Gasteiger partial charge in [-0.2, -0.15) is 4.31 Å². The van der Waals surface area contributed by atoms with Gasteiger partial charge < -0.3 is 11.1 Å². The maximum Gasteiger partial charge on any atom is 0.270 e. The van der Waals surface area contributed by atoms with Crippen LogP contribution in [-0.4, -0.2) is 50.0 Å². The summed E-state index contributed by atoms with van der Waals surface area (Å²) in [6.45, 7) is 1.52. The Morgan fingerprint density at radius 1 is 1.07 bits per heavy atom. The van der Waals surface area contributed by atoms with E-state index in [2.05, 4.69) is 5.32 Å². The molecule has 1 amide bonds. The van der Waals surface area contributed by atoms with Gasteiger partial charge in [0.1, 0.15) is 0 Å². The highest BCUT2D eigenvalue weighted by Gasteiger charge is 2.27. The summed E-state index contributed by atoms with van der Waals surface area (Å²) >= 11 is 0. The van der Waals surface area contributed by atoms with Crippen LogP contribution in [0.2, 0.25) is 0 Å². The van der Waals surface area contributed by atoms with Crippen molar-refractivity contribution in [3.05, 3.63) is 60.2 Å². The Morgan fingerprint density at radius 2 is 1.69 bits per heavy atom. The second kappa shape index (κ2) is 9.19. The molecule has 0 unspecified atom stereocenters. The normalized spacial score (nSPS) is 14.9. The van der Waals surface area contributed by atoms with Gasteiger partial charge in [-0.15, -0.1) is 0 Å². The molecule has 0 atom stereocenters. The largest absolute Gasteiger partial charge is 0.384 e. The molecule has 0 saturated carbocycles. The third-order valence-electron chi connectivity index (χ3n) is 4.75. The van der Waals surface area contributed by atoms with Gasteiger partial charge in [-0.3, -0.25) is 10.0 Å². The van der Waals surface area contributed by atoms with E-state index < -0.39 is 15.9 Å². The molecular weight excluding hydrogens is 392 g/mol.